The van der Waals surface area contributed by atoms with Crippen LogP contribution in [-0.4, -0.2) is 48.1 Å². The van der Waals surface area contributed by atoms with E-state index in [4.69, 9.17) is 4.74 Å². The Balaban J connectivity index is 1.37. The van der Waals surface area contributed by atoms with E-state index in [-0.39, 0.29) is 11.1 Å². The van der Waals surface area contributed by atoms with Gasteiger partial charge in [-0.2, -0.15) is 13.2 Å². The summed E-state index contributed by atoms with van der Waals surface area (Å²) in [5.41, 5.74) is 0.898. The fourth-order valence-electron chi connectivity index (χ4n) is 4.42. The summed E-state index contributed by atoms with van der Waals surface area (Å²) in [6, 6.07) is 0. The number of Topliss-reactive ketones (excluding diaryl/α,β-unsaturated/α-hetero) is 1. The SMILES string of the molecule is CC(C)C(=O)CC1CCC(CCN2CCc3nc(OCC(F)(F)F)sc3CC2)CC1. The van der Waals surface area contributed by atoms with Crippen molar-refractivity contribution in [3.8, 4) is 5.19 Å². The van der Waals surface area contributed by atoms with E-state index in [0.717, 1.165) is 55.4 Å². The Morgan fingerprint density at radius 2 is 1.83 bits per heavy atom. The Morgan fingerprint density at radius 1 is 1.17 bits per heavy atom. The first-order valence-corrected chi connectivity index (χ1v) is 11.9. The number of rotatable bonds is 8. The Kier molecular flexibility index (Phi) is 8.18. The number of aromatic nitrogens is 1. The van der Waals surface area contributed by atoms with Gasteiger partial charge in [-0.3, -0.25) is 4.79 Å². The molecule has 4 nitrogen and oxygen atoms in total. The first kappa shape index (κ1) is 23.5. The minimum atomic E-state index is -4.33. The quantitative estimate of drug-likeness (QED) is 0.544. The molecule has 0 bridgehead atoms. The summed E-state index contributed by atoms with van der Waals surface area (Å²) in [6.45, 7) is 5.58. The second-order valence-electron chi connectivity index (χ2n) is 9.10. The molecule has 0 N–H and O–H groups in total. The van der Waals surface area contributed by atoms with Crippen LogP contribution in [0.1, 0.15) is 62.9 Å². The van der Waals surface area contributed by atoms with Crippen molar-refractivity contribution in [1.29, 1.82) is 0 Å². The molecule has 0 unspecified atom stereocenters. The van der Waals surface area contributed by atoms with Crippen molar-refractivity contribution < 1.29 is 22.7 Å². The van der Waals surface area contributed by atoms with Crippen LogP contribution in [0.15, 0.2) is 0 Å². The standard InChI is InChI=1S/C22H33F3N2O2S/c1-15(2)19(28)13-17-5-3-16(4-6-17)7-10-27-11-8-18-20(9-12-27)30-21(26-18)29-14-22(23,24)25/h15-17H,3-14H2,1-2H3. The summed E-state index contributed by atoms with van der Waals surface area (Å²) in [7, 11) is 0. The molecule has 1 aromatic heterocycles. The van der Waals surface area contributed by atoms with Gasteiger partial charge in [0.25, 0.3) is 5.19 Å². The van der Waals surface area contributed by atoms with Crippen molar-refractivity contribution in [2.45, 2.75) is 71.4 Å². The molecule has 0 amide bonds. The average molecular weight is 447 g/mol. The number of fused-ring (bicyclic) bond motifs is 1. The second-order valence-corrected chi connectivity index (χ2v) is 10.1. The van der Waals surface area contributed by atoms with Gasteiger partial charge in [-0.1, -0.05) is 38.0 Å². The Bertz CT molecular complexity index is 672. The smallest absolute Gasteiger partial charge is 0.422 e. The number of alkyl halides is 3. The third-order valence-corrected chi connectivity index (χ3v) is 7.46. The van der Waals surface area contributed by atoms with Crippen LogP contribution in [0.25, 0.3) is 0 Å². The molecule has 0 aromatic carbocycles. The summed E-state index contributed by atoms with van der Waals surface area (Å²) in [4.78, 5) is 19.8. The van der Waals surface area contributed by atoms with Crippen molar-refractivity contribution in [3.05, 3.63) is 10.6 Å². The first-order valence-electron chi connectivity index (χ1n) is 11.1. The normalized spacial score (nSPS) is 23.3. The molecule has 1 aliphatic heterocycles. The number of hydrogen-bond donors (Lipinski definition) is 0. The second kappa shape index (κ2) is 10.4. The molecule has 0 spiro atoms. The van der Waals surface area contributed by atoms with E-state index in [1.807, 2.05) is 13.8 Å². The maximum Gasteiger partial charge on any atom is 0.422 e. The van der Waals surface area contributed by atoms with E-state index in [1.165, 1.54) is 43.4 Å². The molecule has 30 heavy (non-hydrogen) atoms. The van der Waals surface area contributed by atoms with Crippen LogP contribution in [0, 0.1) is 17.8 Å². The molecular formula is C22H33F3N2O2S. The Morgan fingerprint density at radius 3 is 2.50 bits per heavy atom. The third-order valence-electron chi connectivity index (χ3n) is 6.39. The highest BCUT2D eigenvalue weighted by molar-refractivity contribution is 7.13. The maximum absolute atomic E-state index is 12.3. The highest BCUT2D eigenvalue weighted by Crippen LogP contribution is 2.34. The molecule has 0 radical (unpaired) electrons. The molecule has 3 rings (SSSR count). The zero-order valence-corrected chi connectivity index (χ0v) is 18.8. The lowest BCUT2D eigenvalue weighted by atomic mass is 9.78. The van der Waals surface area contributed by atoms with Crippen molar-refractivity contribution in [1.82, 2.24) is 9.88 Å². The number of ketones is 1. The van der Waals surface area contributed by atoms with E-state index >= 15 is 0 Å². The van der Waals surface area contributed by atoms with Crippen LogP contribution in [0.3, 0.4) is 0 Å². The van der Waals surface area contributed by atoms with Gasteiger partial charge in [0.1, 0.15) is 5.78 Å². The van der Waals surface area contributed by atoms with Crippen LogP contribution in [0.2, 0.25) is 0 Å². The maximum atomic E-state index is 12.3. The molecular weight excluding hydrogens is 413 g/mol. The number of carbonyl (C=O) groups is 1. The van der Waals surface area contributed by atoms with Gasteiger partial charge in [0.2, 0.25) is 0 Å². The highest BCUT2D eigenvalue weighted by atomic mass is 32.1. The van der Waals surface area contributed by atoms with Gasteiger partial charge in [0.05, 0.1) is 5.69 Å². The van der Waals surface area contributed by atoms with Gasteiger partial charge in [-0.05, 0) is 44.1 Å². The van der Waals surface area contributed by atoms with Crippen LogP contribution < -0.4 is 4.74 Å². The third kappa shape index (κ3) is 7.22. The molecule has 2 heterocycles. The lowest BCUT2D eigenvalue weighted by Gasteiger charge is -2.30. The summed E-state index contributed by atoms with van der Waals surface area (Å²) < 4.78 is 41.8. The van der Waals surface area contributed by atoms with Crippen molar-refractivity contribution in [3.63, 3.8) is 0 Å². The number of nitrogens with zero attached hydrogens (tertiary/aromatic N) is 2. The Hall–Kier alpha value is -1.15. The predicted octanol–water partition coefficient (Wildman–Crippen LogP) is 5.30. The van der Waals surface area contributed by atoms with Crippen molar-refractivity contribution >= 4 is 17.1 Å². The summed E-state index contributed by atoms with van der Waals surface area (Å²) in [5, 5.41) is 0.137. The molecule has 2 aliphatic rings. The number of thiazole rings is 1. The summed E-state index contributed by atoms with van der Waals surface area (Å²) >= 11 is 1.26. The lowest BCUT2D eigenvalue weighted by Crippen LogP contribution is -2.30. The van der Waals surface area contributed by atoms with Crippen molar-refractivity contribution in [2.75, 3.05) is 26.2 Å². The molecule has 1 aromatic rings. The average Bonchev–Trinajstić information content (AvgIpc) is 2.99. The number of ether oxygens (including phenoxy) is 1. The molecule has 1 saturated carbocycles. The molecule has 0 saturated heterocycles. The number of carbonyl (C=O) groups excluding carboxylic acids is 1. The van der Waals surface area contributed by atoms with Gasteiger partial charge in [-0.15, -0.1) is 0 Å². The fourth-order valence-corrected chi connectivity index (χ4v) is 5.37. The zero-order chi connectivity index (χ0) is 21.7. The highest BCUT2D eigenvalue weighted by Gasteiger charge is 2.30. The van der Waals surface area contributed by atoms with E-state index in [9.17, 15) is 18.0 Å². The molecule has 8 heteroatoms. The van der Waals surface area contributed by atoms with E-state index in [1.54, 1.807) is 0 Å². The molecule has 170 valence electrons. The van der Waals surface area contributed by atoms with E-state index < -0.39 is 12.8 Å². The van der Waals surface area contributed by atoms with Gasteiger partial charge >= 0.3 is 6.18 Å². The zero-order valence-electron chi connectivity index (χ0n) is 18.0. The minimum Gasteiger partial charge on any atom is -0.460 e. The monoisotopic (exact) mass is 446 g/mol. The lowest BCUT2D eigenvalue weighted by molar-refractivity contribution is -0.153. The Labute approximate surface area is 181 Å². The number of hydrogen-bond acceptors (Lipinski definition) is 5. The summed E-state index contributed by atoms with van der Waals surface area (Å²) in [5.74, 6) is 1.87. The topological polar surface area (TPSA) is 42.4 Å². The van der Waals surface area contributed by atoms with Gasteiger partial charge in [0, 0.05) is 36.7 Å². The van der Waals surface area contributed by atoms with Crippen molar-refractivity contribution in [2.24, 2.45) is 17.8 Å². The first-order chi connectivity index (χ1) is 14.2. The van der Waals surface area contributed by atoms with E-state index in [0.29, 0.717) is 11.7 Å². The molecule has 1 fully saturated rings. The summed E-state index contributed by atoms with van der Waals surface area (Å²) in [6.07, 6.45) is 3.99. The van der Waals surface area contributed by atoms with Gasteiger partial charge in [-0.25, -0.2) is 4.98 Å². The van der Waals surface area contributed by atoms with Crippen LogP contribution in [0.4, 0.5) is 13.2 Å². The van der Waals surface area contributed by atoms with Crippen LogP contribution >= 0.6 is 11.3 Å². The van der Waals surface area contributed by atoms with Crippen LogP contribution in [0.5, 0.6) is 5.19 Å². The fraction of sp³-hybridized carbons (Fsp3) is 0.818. The largest absolute Gasteiger partial charge is 0.460 e. The van der Waals surface area contributed by atoms with Gasteiger partial charge < -0.3 is 9.64 Å². The minimum absolute atomic E-state index is 0.137. The number of halogens is 3. The van der Waals surface area contributed by atoms with Crippen LogP contribution in [-0.2, 0) is 17.6 Å². The van der Waals surface area contributed by atoms with E-state index in [2.05, 4.69) is 9.88 Å². The predicted molar refractivity (Wildman–Crippen MR) is 112 cm³/mol. The van der Waals surface area contributed by atoms with Gasteiger partial charge in [0.15, 0.2) is 6.61 Å². The molecule has 1 aliphatic carbocycles. The molecule has 0 atom stereocenters.